The lowest BCUT2D eigenvalue weighted by molar-refractivity contribution is -0.141. The summed E-state index contributed by atoms with van der Waals surface area (Å²) in [5.41, 5.74) is 2.15. The van der Waals surface area contributed by atoms with E-state index in [1.165, 1.54) is 13.2 Å². The highest BCUT2D eigenvalue weighted by atomic mass is 35.5. The lowest BCUT2D eigenvalue weighted by Gasteiger charge is -2.06. The van der Waals surface area contributed by atoms with Crippen LogP contribution < -0.4 is 4.74 Å². The minimum absolute atomic E-state index is 0.0979. The van der Waals surface area contributed by atoms with Crippen LogP contribution in [0.2, 0.25) is 5.02 Å². The summed E-state index contributed by atoms with van der Waals surface area (Å²) in [6.07, 6.45) is 1.87. The van der Waals surface area contributed by atoms with Crippen molar-refractivity contribution in [3.05, 3.63) is 64.8 Å². The standard InChI is InChI=1S/C19H16ClNO4/c1-24-18-7-6-12(8-15(18)20)17(22)11-25-19(23)9-13-10-21-16-5-3-2-4-14(13)16/h2-8,10,21H,9,11H2,1H3. The molecule has 3 aromatic rings. The van der Waals surface area contributed by atoms with Gasteiger partial charge in [-0.05, 0) is 29.8 Å². The largest absolute Gasteiger partial charge is 0.495 e. The van der Waals surface area contributed by atoms with E-state index in [9.17, 15) is 9.59 Å². The first kappa shape index (κ1) is 17.0. The van der Waals surface area contributed by atoms with Gasteiger partial charge in [0.15, 0.2) is 12.4 Å². The summed E-state index contributed by atoms with van der Waals surface area (Å²) in [6, 6.07) is 12.4. The second kappa shape index (κ2) is 7.40. The van der Waals surface area contributed by atoms with Crippen molar-refractivity contribution < 1.29 is 19.1 Å². The molecule has 0 aliphatic carbocycles. The Kier molecular flexibility index (Phi) is 5.05. The number of ether oxygens (including phenoxy) is 2. The van der Waals surface area contributed by atoms with Crippen molar-refractivity contribution >= 4 is 34.3 Å². The first-order chi connectivity index (χ1) is 12.1. The highest BCUT2D eigenvalue weighted by molar-refractivity contribution is 6.32. The van der Waals surface area contributed by atoms with Crippen LogP contribution >= 0.6 is 11.6 Å². The molecule has 0 spiro atoms. The summed E-state index contributed by atoms with van der Waals surface area (Å²) in [5.74, 6) is -0.302. The quantitative estimate of drug-likeness (QED) is 0.538. The van der Waals surface area contributed by atoms with Crippen LogP contribution in [0, 0.1) is 0 Å². The zero-order valence-electron chi connectivity index (χ0n) is 13.5. The smallest absolute Gasteiger partial charge is 0.310 e. The molecule has 0 radical (unpaired) electrons. The van der Waals surface area contributed by atoms with E-state index in [1.54, 1.807) is 18.3 Å². The average molecular weight is 358 g/mol. The molecule has 2 aromatic carbocycles. The van der Waals surface area contributed by atoms with Crippen LogP contribution in [0.3, 0.4) is 0 Å². The summed E-state index contributed by atoms with van der Waals surface area (Å²) < 4.78 is 10.1. The van der Waals surface area contributed by atoms with Crippen molar-refractivity contribution in [1.82, 2.24) is 4.98 Å². The van der Waals surface area contributed by atoms with Gasteiger partial charge in [0.1, 0.15) is 5.75 Å². The van der Waals surface area contributed by atoms with E-state index >= 15 is 0 Å². The van der Waals surface area contributed by atoms with Gasteiger partial charge in [0.25, 0.3) is 0 Å². The molecule has 0 fully saturated rings. The molecule has 0 atom stereocenters. The fourth-order valence-corrected chi connectivity index (χ4v) is 2.81. The molecule has 5 nitrogen and oxygen atoms in total. The van der Waals surface area contributed by atoms with Gasteiger partial charge in [-0.1, -0.05) is 29.8 Å². The lowest BCUT2D eigenvalue weighted by atomic mass is 10.1. The maximum absolute atomic E-state index is 12.1. The number of fused-ring (bicyclic) bond motifs is 1. The molecule has 0 unspecified atom stereocenters. The number of aromatic amines is 1. The number of carbonyl (C=O) groups is 2. The van der Waals surface area contributed by atoms with E-state index in [2.05, 4.69) is 4.98 Å². The van der Waals surface area contributed by atoms with Crippen LogP contribution in [0.5, 0.6) is 5.75 Å². The topological polar surface area (TPSA) is 68.4 Å². The van der Waals surface area contributed by atoms with Crippen molar-refractivity contribution in [2.45, 2.75) is 6.42 Å². The number of halogens is 1. The van der Waals surface area contributed by atoms with Gasteiger partial charge in [-0.2, -0.15) is 0 Å². The number of Topliss-reactive ketones (excluding diaryl/α,β-unsaturated/α-hetero) is 1. The van der Waals surface area contributed by atoms with Crippen molar-refractivity contribution in [3.8, 4) is 5.75 Å². The third-order valence-electron chi connectivity index (χ3n) is 3.85. The zero-order valence-corrected chi connectivity index (χ0v) is 14.3. The summed E-state index contributed by atoms with van der Waals surface area (Å²) in [5, 5.41) is 1.30. The van der Waals surface area contributed by atoms with E-state index in [1.807, 2.05) is 24.3 Å². The van der Waals surface area contributed by atoms with E-state index in [-0.39, 0.29) is 18.8 Å². The van der Waals surface area contributed by atoms with Crippen LogP contribution in [0.25, 0.3) is 10.9 Å². The number of aromatic nitrogens is 1. The molecule has 128 valence electrons. The number of carbonyl (C=O) groups excluding carboxylic acids is 2. The van der Waals surface area contributed by atoms with Crippen molar-refractivity contribution in [1.29, 1.82) is 0 Å². The third-order valence-corrected chi connectivity index (χ3v) is 4.14. The molecular weight excluding hydrogens is 342 g/mol. The number of hydrogen-bond donors (Lipinski definition) is 1. The van der Waals surface area contributed by atoms with Crippen LogP contribution in [0.4, 0.5) is 0 Å². The van der Waals surface area contributed by atoms with Gasteiger partial charge in [0, 0.05) is 22.7 Å². The number of ketones is 1. The number of H-pyrrole nitrogens is 1. The third kappa shape index (κ3) is 3.83. The Bertz CT molecular complexity index is 932. The predicted octanol–water partition coefficient (Wildman–Crippen LogP) is 3.80. The monoisotopic (exact) mass is 357 g/mol. The molecule has 25 heavy (non-hydrogen) atoms. The SMILES string of the molecule is COc1ccc(C(=O)COC(=O)Cc2c[nH]c3ccccc23)cc1Cl. The summed E-state index contributed by atoms with van der Waals surface area (Å²) in [6.45, 7) is -0.330. The second-order valence-corrected chi connectivity index (χ2v) is 5.88. The fourth-order valence-electron chi connectivity index (χ4n) is 2.55. The molecule has 0 amide bonds. The summed E-state index contributed by atoms with van der Waals surface area (Å²) in [7, 11) is 1.50. The Hall–Kier alpha value is -2.79. The molecule has 0 bridgehead atoms. The van der Waals surface area contributed by atoms with Crippen LogP contribution in [-0.4, -0.2) is 30.5 Å². The van der Waals surface area contributed by atoms with E-state index in [0.717, 1.165) is 16.5 Å². The summed E-state index contributed by atoms with van der Waals surface area (Å²) in [4.78, 5) is 27.3. The van der Waals surface area contributed by atoms with Gasteiger partial charge < -0.3 is 14.5 Å². The normalized spacial score (nSPS) is 10.6. The number of nitrogens with one attached hydrogen (secondary N) is 1. The first-order valence-corrected chi connectivity index (χ1v) is 8.03. The molecule has 1 heterocycles. The Morgan fingerprint density at radius 2 is 1.96 bits per heavy atom. The van der Waals surface area contributed by atoms with E-state index < -0.39 is 5.97 Å². The molecule has 0 aliphatic rings. The fraction of sp³-hybridized carbons (Fsp3) is 0.158. The minimum atomic E-state index is -0.460. The van der Waals surface area contributed by atoms with E-state index in [0.29, 0.717) is 16.3 Å². The van der Waals surface area contributed by atoms with Crippen molar-refractivity contribution in [2.75, 3.05) is 13.7 Å². The second-order valence-electron chi connectivity index (χ2n) is 5.47. The predicted molar refractivity (Wildman–Crippen MR) is 95.3 cm³/mol. The lowest BCUT2D eigenvalue weighted by Crippen LogP contribution is -2.15. The van der Waals surface area contributed by atoms with Gasteiger partial charge in [-0.25, -0.2) is 0 Å². The average Bonchev–Trinajstić information content (AvgIpc) is 3.02. The molecule has 0 aliphatic heterocycles. The van der Waals surface area contributed by atoms with Gasteiger partial charge in [-0.15, -0.1) is 0 Å². The zero-order chi connectivity index (χ0) is 17.8. The molecule has 3 rings (SSSR count). The molecule has 0 saturated carbocycles. The number of hydrogen-bond acceptors (Lipinski definition) is 4. The van der Waals surface area contributed by atoms with Crippen molar-refractivity contribution in [3.63, 3.8) is 0 Å². The highest BCUT2D eigenvalue weighted by Crippen LogP contribution is 2.25. The molecule has 1 N–H and O–H groups in total. The number of benzene rings is 2. The Balaban J connectivity index is 1.60. The highest BCUT2D eigenvalue weighted by Gasteiger charge is 2.14. The molecule has 0 saturated heterocycles. The Morgan fingerprint density at radius 1 is 1.16 bits per heavy atom. The number of para-hydroxylation sites is 1. The van der Waals surface area contributed by atoms with Gasteiger partial charge in [-0.3, -0.25) is 9.59 Å². The number of esters is 1. The minimum Gasteiger partial charge on any atom is -0.495 e. The Morgan fingerprint density at radius 3 is 2.72 bits per heavy atom. The van der Waals surface area contributed by atoms with Gasteiger partial charge in [0.05, 0.1) is 18.6 Å². The van der Waals surface area contributed by atoms with E-state index in [4.69, 9.17) is 21.1 Å². The van der Waals surface area contributed by atoms with Crippen LogP contribution in [0.15, 0.2) is 48.7 Å². The number of rotatable bonds is 6. The molecule has 1 aromatic heterocycles. The first-order valence-electron chi connectivity index (χ1n) is 7.66. The van der Waals surface area contributed by atoms with Gasteiger partial charge >= 0.3 is 5.97 Å². The van der Waals surface area contributed by atoms with Crippen molar-refractivity contribution in [2.24, 2.45) is 0 Å². The van der Waals surface area contributed by atoms with Crippen LogP contribution in [-0.2, 0) is 16.0 Å². The number of methoxy groups -OCH3 is 1. The Labute approximate surface area is 149 Å². The molecule has 6 heteroatoms. The maximum Gasteiger partial charge on any atom is 0.310 e. The maximum atomic E-state index is 12.1. The molecular formula is C19H16ClNO4. The van der Waals surface area contributed by atoms with Crippen LogP contribution in [0.1, 0.15) is 15.9 Å². The van der Waals surface area contributed by atoms with Gasteiger partial charge in [0.2, 0.25) is 0 Å². The summed E-state index contributed by atoms with van der Waals surface area (Å²) >= 11 is 6.00.